The van der Waals surface area contributed by atoms with Gasteiger partial charge in [-0.1, -0.05) is 35.9 Å². The third-order valence-electron chi connectivity index (χ3n) is 6.55. The van der Waals surface area contributed by atoms with Gasteiger partial charge in [-0.2, -0.15) is 0 Å². The van der Waals surface area contributed by atoms with Crippen molar-refractivity contribution in [1.29, 1.82) is 0 Å². The van der Waals surface area contributed by atoms with Gasteiger partial charge in [-0.05, 0) is 65.9 Å². The van der Waals surface area contributed by atoms with Crippen LogP contribution in [0.3, 0.4) is 0 Å². The minimum atomic E-state index is -0.946. The number of rotatable bonds is 8. The number of para-hydroxylation sites is 2. The van der Waals surface area contributed by atoms with E-state index in [1.807, 2.05) is 48.5 Å². The number of aliphatic carboxylic acids is 1. The minimum absolute atomic E-state index is 0.109. The van der Waals surface area contributed by atoms with E-state index in [-0.39, 0.29) is 37.1 Å². The average molecular weight is 532 g/mol. The summed E-state index contributed by atoms with van der Waals surface area (Å²) >= 11 is 6.17. The van der Waals surface area contributed by atoms with E-state index in [1.54, 1.807) is 18.2 Å². The van der Waals surface area contributed by atoms with Gasteiger partial charge in [0.25, 0.3) is 0 Å². The summed E-state index contributed by atoms with van der Waals surface area (Å²) < 4.78 is 0. The van der Waals surface area contributed by atoms with Crippen LogP contribution in [-0.4, -0.2) is 39.4 Å². The van der Waals surface area contributed by atoms with E-state index < -0.39 is 5.97 Å². The molecule has 4 aromatic rings. The van der Waals surface area contributed by atoms with Gasteiger partial charge in [0.2, 0.25) is 17.8 Å². The normalized spacial score (nSPS) is 15.1. The summed E-state index contributed by atoms with van der Waals surface area (Å²) in [5, 5.41) is 15.9. The van der Waals surface area contributed by atoms with Crippen molar-refractivity contribution in [3.63, 3.8) is 0 Å². The number of H-pyrrole nitrogens is 1. The van der Waals surface area contributed by atoms with Crippen LogP contribution in [0.5, 0.6) is 0 Å². The number of imidazole rings is 1. The highest BCUT2D eigenvalue weighted by molar-refractivity contribution is 6.30. The Morgan fingerprint density at radius 1 is 1.11 bits per heavy atom. The zero-order valence-electron chi connectivity index (χ0n) is 20.4. The first-order valence-corrected chi connectivity index (χ1v) is 12.6. The van der Waals surface area contributed by atoms with Gasteiger partial charge in [0.15, 0.2) is 0 Å². The highest BCUT2D eigenvalue weighted by Crippen LogP contribution is 2.38. The molecule has 1 aliphatic heterocycles. The number of aromatic nitrogens is 2. The molecule has 38 heavy (non-hydrogen) atoms. The highest BCUT2D eigenvalue weighted by atomic mass is 35.5. The van der Waals surface area contributed by atoms with E-state index in [9.17, 15) is 19.5 Å². The second-order valence-electron chi connectivity index (χ2n) is 9.22. The smallest absolute Gasteiger partial charge is 0.303 e. The fourth-order valence-corrected chi connectivity index (χ4v) is 4.85. The number of amides is 2. The Hall–Kier alpha value is -4.37. The van der Waals surface area contributed by atoms with Crippen LogP contribution >= 0.6 is 11.6 Å². The van der Waals surface area contributed by atoms with Crippen molar-refractivity contribution in [3.05, 3.63) is 82.9 Å². The van der Waals surface area contributed by atoms with Crippen LogP contribution in [0.2, 0.25) is 5.02 Å². The number of carboxylic acids is 1. The molecule has 194 valence electrons. The SMILES string of the molecule is O=C(O)CC1CCC(=O)N(CC(=O)NCc2ccc(Nc3nc4ccccc4[nH]3)cc2)c2ccc(Cl)cc21. The monoisotopic (exact) mass is 531 g/mol. The van der Waals surface area contributed by atoms with E-state index in [2.05, 4.69) is 20.6 Å². The quantitative estimate of drug-likeness (QED) is 0.254. The van der Waals surface area contributed by atoms with E-state index in [1.165, 1.54) is 4.90 Å². The van der Waals surface area contributed by atoms with E-state index in [4.69, 9.17) is 11.6 Å². The first-order valence-electron chi connectivity index (χ1n) is 12.2. The Morgan fingerprint density at radius 2 is 1.89 bits per heavy atom. The largest absolute Gasteiger partial charge is 0.481 e. The molecule has 0 bridgehead atoms. The number of halogens is 1. The Bertz CT molecular complexity index is 1470. The number of hydrogen-bond acceptors (Lipinski definition) is 5. The number of nitrogens with zero attached hydrogens (tertiary/aromatic N) is 2. The average Bonchev–Trinajstić information content (AvgIpc) is 3.26. The summed E-state index contributed by atoms with van der Waals surface area (Å²) in [4.78, 5) is 46.2. The fraction of sp³-hybridized carbons (Fsp3) is 0.214. The second-order valence-corrected chi connectivity index (χ2v) is 9.65. The molecule has 5 rings (SSSR count). The number of hydrogen-bond donors (Lipinski definition) is 4. The van der Waals surface area contributed by atoms with Crippen LogP contribution in [0.25, 0.3) is 11.0 Å². The number of anilines is 3. The molecule has 0 radical (unpaired) electrons. The van der Waals surface area contributed by atoms with E-state index in [0.717, 1.165) is 22.3 Å². The molecule has 0 aliphatic carbocycles. The molecule has 1 unspecified atom stereocenters. The molecule has 10 heteroatoms. The maximum atomic E-state index is 12.9. The van der Waals surface area contributed by atoms with Crippen molar-refractivity contribution < 1.29 is 19.5 Å². The molecular formula is C28H26ClN5O4. The molecule has 2 amide bonds. The van der Waals surface area contributed by atoms with Gasteiger partial charge in [0.1, 0.15) is 6.54 Å². The van der Waals surface area contributed by atoms with Gasteiger partial charge in [0.05, 0.1) is 17.5 Å². The highest BCUT2D eigenvalue weighted by Gasteiger charge is 2.30. The maximum absolute atomic E-state index is 12.9. The van der Waals surface area contributed by atoms with Crippen LogP contribution in [0, 0.1) is 0 Å². The maximum Gasteiger partial charge on any atom is 0.303 e. The van der Waals surface area contributed by atoms with Crippen molar-refractivity contribution >= 4 is 57.7 Å². The number of carboxylic acid groups (broad SMARTS) is 1. The second kappa shape index (κ2) is 10.9. The molecule has 1 aromatic heterocycles. The Morgan fingerprint density at radius 3 is 2.66 bits per heavy atom. The van der Waals surface area contributed by atoms with Crippen LogP contribution in [0.4, 0.5) is 17.3 Å². The number of carbonyl (C=O) groups excluding carboxylic acids is 2. The van der Waals surface area contributed by atoms with Crippen molar-refractivity contribution in [2.75, 3.05) is 16.8 Å². The molecule has 0 saturated carbocycles. The predicted octanol–water partition coefficient (Wildman–Crippen LogP) is 4.96. The third-order valence-corrected chi connectivity index (χ3v) is 6.78. The zero-order chi connectivity index (χ0) is 26.6. The molecule has 9 nitrogen and oxygen atoms in total. The first-order chi connectivity index (χ1) is 18.4. The van der Waals surface area contributed by atoms with Gasteiger partial charge in [-0.15, -0.1) is 0 Å². The van der Waals surface area contributed by atoms with E-state index in [0.29, 0.717) is 35.2 Å². The lowest BCUT2D eigenvalue weighted by Gasteiger charge is -2.24. The predicted molar refractivity (Wildman–Crippen MR) is 146 cm³/mol. The molecule has 1 atom stereocenters. The van der Waals surface area contributed by atoms with Gasteiger partial charge < -0.3 is 25.6 Å². The fourth-order valence-electron chi connectivity index (χ4n) is 4.67. The summed E-state index contributed by atoms with van der Waals surface area (Å²) in [5.41, 5.74) is 4.76. The van der Waals surface area contributed by atoms with Gasteiger partial charge in [-0.25, -0.2) is 4.98 Å². The summed E-state index contributed by atoms with van der Waals surface area (Å²) in [5.74, 6) is -1.21. The minimum Gasteiger partial charge on any atom is -0.481 e. The Kier molecular flexibility index (Phi) is 7.28. The summed E-state index contributed by atoms with van der Waals surface area (Å²) in [6.07, 6.45) is 0.421. The number of carbonyl (C=O) groups is 3. The van der Waals surface area contributed by atoms with Crippen LogP contribution in [-0.2, 0) is 20.9 Å². The Labute approximate surface area is 223 Å². The number of nitrogens with one attached hydrogen (secondary N) is 3. The van der Waals surface area contributed by atoms with Gasteiger partial charge >= 0.3 is 5.97 Å². The van der Waals surface area contributed by atoms with Crippen molar-refractivity contribution in [3.8, 4) is 0 Å². The molecule has 1 aliphatic rings. The van der Waals surface area contributed by atoms with Gasteiger partial charge in [0, 0.05) is 29.4 Å². The lowest BCUT2D eigenvalue weighted by Crippen LogP contribution is -2.40. The summed E-state index contributed by atoms with van der Waals surface area (Å²) in [7, 11) is 0. The topological polar surface area (TPSA) is 127 Å². The molecule has 3 aromatic carbocycles. The standard InChI is InChI=1S/C28H26ClN5O4/c29-19-8-11-24-21(14-19)18(13-27(37)38)7-12-26(36)34(24)16-25(35)30-15-17-5-9-20(10-6-17)31-28-32-22-3-1-2-4-23(22)33-28/h1-6,8-11,14,18H,7,12-13,15-16H2,(H,30,35)(H,37,38)(H2,31,32,33). The van der Waals surface area contributed by atoms with Crippen LogP contribution in [0.1, 0.15) is 36.3 Å². The van der Waals surface area contributed by atoms with Crippen molar-refractivity contribution in [1.82, 2.24) is 15.3 Å². The molecular weight excluding hydrogens is 506 g/mol. The summed E-state index contributed by atoms with van der Waals surface area (Å²) in [6, 6.07) is 20.4. The number of benzene rings is 3. The van der Waals surface area contributed by atoms with Crippen molar-refractivity contribution in [2.24, 2.45) is 0 Å². The van der Waals surface area contributed by atoms with Crippen LogP contribution < -0.4 is 15.5 Å². The summed E-state index contributed by atoms with van der Waals surface area (Å²) in [6.45, 7) is 0.125. The first kappa shape index (κ1) is 25.3. The molecule has 0 spiro atoms. The lowest BCUT2D eigenvalue weighted by atomic mass is 9.91. The Balaban J connectivity index is 1.22. The number of aromatic amines is 1. The van der Waals surface area contributed by atoms with Gasteiger partial charge in [-0.3, -0.25) is 14.4 Å². The molecule has 0 fully saturated rings. The molecule has 2 heterocycles. The molecule has 0 saturated heterocycles. The van der Waals surface area contributed by atoms with Crippen LogP contribution in [0.15, 0.2) is 66.7 Å². The third kappa shape index (κ3) is 5.78. The van der Waals surface area contributed by atoms with Crippen molar-refractivity contribution in [2.45, 2.75) is 31.7 Å². The number of fused-ring (bicyclic) bond motifs is 2. The molecule has 4 N–H and O–H groups in total. The zero-order valence-corrected chi connectivity index (χ0v) is 21.2. The van der Waals surface area contributed by atoms with E-state index >= 15 is 0 Å². The lowest BCUT2D eigenvalue weighted by molar-refractivity contribution is -0.137.